The summed E-state index contributed by atoms with van der Waals surface area (Å²) < 4.78 is 0. The molecule has 0 heterocycles. The van der Waals surface area contributed by atoms with Gasteiger partial charge in [0.25, 0.3) is 0 Å². The summed E-state index contributed by atoms with van der Waals surface area (Å²) in [5.41, 5.74) is 2.16. The minimum absolute atomic E-state index is 0.162. The Labute approximate surface area is 145 Å². The number of hydrogen-bond acceptors (Lipinski definition) is 2. The number of aliphatic hydroxyl groups excluding tert-OH is 2. The van der Waals surface area contributed by atoms with Crippen LogP contribution in [-0.4, -0.2) is 22.4 Å². The van der Waals surface area contributed by atoms with Gasteiger partial charge in [0, 0.05) is 5.56 Å². The van der Waals surface area contributed by atoms with Crippen molar-refractivity contribution in [3.63, 3.8) is 0 Å². The highest BCUT2D eigenvalue weighted by Gasteiger charge is 2.44. The van der Waals surface area contributed by atoms with E-state index in [2.05, 4.69) is 13.0 Å². The van der Waals surface area contributed by atoms with E-state index in [1.54, 1.807) is 6.07 Å². The number of benzene rings is 1. The molecule has 0 bridgehead atoms. The van der Waals surface area contributed by atoms with Gasteiger partial charge in [0.1, 0.15) is 0 Å². The van der Waals surface area contributed by atoms with Gasteiger partial charge in [-0.1, -0.05) is 38.3 Å². The van der Waals surface area contributed by atoms with Gasteiger partial charge in [-0.25, -0.2) is 0 Å². The van der Waals surface area contributed by atoms with Crippen molar-refractivity contribution in [1.82, 2.24) is 0 Å². The lowest BCUT2D eigenvalue weighted by Gasteiger charge is -2.31. The first-order valence-electron chi connectivity index (χ1n) is 9.74. The fraction of sp³-hybridized carbons (Fsp3) is 0.714. The third-order valence-corrected chi connectivity index (χ3v) is 6.32. The number of rotatable bonds is 7. The van der Waals surface area contributed by atoms with Crippen molar-refractivity contribution in [2.45, 2.75) is 76.9 Å². The lowest BCUT2D eigenvalue weighted by molar-refractivity contribution is 0.0869. The fourth-order valence-corrected chi connectivity index (χ4v) is 4.96. The Morgan fingerprint density at radius 3 is 2.83 bits per heavy atom. The van der Waals surface area contributed by atoms with Crippen LogP contribution in [0.5, 0.6) is 5.75 Å². The van der Waals surface area contributed by atoms with Crippen LogP contribution in [0.4, 0.5) is 0 Å². The van der Waals surface area contributed by atoms with E-state index in [0.717, 1.165) is 50.5 Å². The lowest BCUT2D eigenvalue weighted by Crippen LogP contribution is -2.27. The van der Waals surface area contributed by atoms with Gasteiger partial charge < -0.3 is 10.2 Å². The Hall–Kier alpha value is -1.06. The summed E-state index contributed by atoms with van der Waals surface area (Å²) in [6.45, 7) is 2.18. The molecule has 0 saturated heterocycles. The van der Waals surface area contributed by atoms with Crippen LogP contribution < -0.4 is 0 Å². The summed E-state index contributed by atoms with van der Waals surface area (Å²) in [5.74, 6) is 1.34. The zero-order valence-corrected chi connectivity index (χ0v) is 14.8. The molecule has 24 heavy (non-hydrogen) atoms. The molecule has 1 radical (unpaired) electrons. The molecular formula is C21H31O3. The first-order chi connectivity index (χ1) is 11.6. The molecule has 3 rings (SSSR count). The Kier molecular flexibility index (Phi) is 5.83. The minimum Gasteiger partial charge on any atom is -0.393 e. The molecule has 133 valence electrons. The minimum atomic E-state index is -0.271. The van der Waals surface area contributed by atoms with Crippen molar-refractivity contribution in [2.75, 3.05) is 0 Å². The van der Waals surface area contributed by atoms with Gasteiger partial charge >= 0.3 is 0 Å². The van der Waals surface area contributed by atoms with Crippen molar-refractivity contribution in [3.05, 3.63) is 29.3 Å². The van der Waals surface area contributed by atoms with Gasteiger partial charge in [-0.15, -0.1) is 0 Å². The first-order valence-corrected chi connectivity index (χ1v) is 9.74. The maximum absolute atomic E-state index is 12.1. The Bertz CT molecular complexity index is 542. The van der Waals surface area contributed by atoms with Crippen LogP contribution >= 0.6 is 0 Å². The second-order valence-electron chi connectivity index (χ2n) is 7.92. The van der Waals surface area contributed by atoms with Crippen LogP contribution in [0.2, 0.25) is 0 Å². The van der Waals surface area contributed by atoms with E-state index in [4.69, 9.17) is 0 Å². The average molecular weight is 331 g/mol. The average Bonchev–Trinajstić information content (AvgIpc) is 2.86. The second kappa shape index (κ2) is 7.88. The summed E-state index contributed by atoms with van der Waals surface area (Å²) in [6, 6.07) is 5.60. The van der Waals surface area contributed by atoms with Gasteiger partial charge in [-0.05, 0) is 67.9 Å². The molecule has 0 aromatic heterocycles. The molecule has 3 heteroatoms. The highest BCUT2D eigenvalue weighted by molar-refractivity contribution is 5.41. The Morgan fingerprint density at radius 2 is 2.04 bits per heavy atom. The molecule has 2 aliphatic carbocycles. The molecule has 1 aromatic rings. The van der Waals surface area contributed by atoms with Gasteiger partial charge in [0.2, 0.25) is 0 Å². The Balaban J connectivity index is 1.59. The smallest absolute Gasteiger partial charge is 0.182 e. The molecule has 2 N–H and O–H groups in total. The van der Waals surface area contributed by atoms with Crippen molar-refractivity contribution < 1.29 is 15.3 Å². The molecule has 0 unspecified atom stereocenters. The van der Waals surface area contributed by atoms with Crippen molar-refractivity contribution in [2.24, 2.45) is 17.8 Å². The molecule has 1 fully saturated rings. The summed E-state index contributed by atoms with van der Waals surface area (Å²) in [4.78, 5) is 0. The molecule has 1 aromatic carbocycles. The SMILES string of the molecule is CCCCC[C@H](O)CC[C@@H]1[C@H]2Cc3cccc([O])c3C[C@H]2C[C@H]1O. The molecule has 1 saturated carbocycles. The molecule has 3 nitrogen and oxygen atoms in total. The molecule has 2 aliphatic rings. The molecule has 5 atom stereocenters. The summed E-state index contributed by atoms with van der Waals surface area (Å²) in [6.07, 6.45) is 8.10. The van der Waals surface area contributed by atoms with Crippen LogP contribution in [0.3, 0.4) is 0 Å². The van der Waals surface area contributed by atoms with Gasteiger partial charge in [-0.3, -0.25) is 5.11 Å². The summed E-state index contributed by atoms with van der Waals surface area (Å²) >= 11 is 0. The first kappa shape index (κ1) is 17.8. The van der Waals surface area contributed by atoms with E-state index in [0.29, 0.717) is 11.8 Å². The normalized spacial score (nSPS) is 30.0. The Morgan fingerprint density at radius 1 is 1.21 bits per heavy atom. The van der Waals surface area contributed by atoms with E-state index in [-0.39, 0.29) is 23.9 Å². The van der Waals surface area contributed by atoms with Crippen molar-refractivity contribution >= 4 is 0 Å². The van der Waals surface area contributed by atoms with E-state index >= 15 is 0 Å². The van der Waals surface area contributed by atoms with Crippen LogP contribution in [0.15, 0.2) is 18.2 Å². The highest BCUT2D eigenvalue weighted by Crippen LogP contribution is 2.48. The lowest BCUT2D eigenvalue weighted by atomic mass is 9.73. The summed E-state index contributed by atoms with van der Waals surface area (Å²) in [5, 5.41) is 32.8. The van der Waals surface area contributed by atoms with Crippen LogP contribution in [-0.2, 0) is 17.9 Å². The molecule has 0 amide bonds. The zero-order valence-electron chi connectivity index (χ0n) is 14.8. The monoisotopic (exact) mass is 331 g/mol. The molecular weight excluding hydrogens is 300 g/mol. The maximum atomic E-state index is 12.1. The third kappa shape index (κ3) is 3.78. The van der Waals surface area contributed by atoms with Gasteiger partial charge in [0.05, 0.1) is 12.2 Å². The van der Waals surface area contributed by atoms with Crippen LogP contribution in [0, 0.1) is 17.8 Å². The van der Waals surface area contributed by atoms with E-state index in [1.807, 2.05) is 6.07 Å². The van der Waals surface area contributed by atoms with Gasteiger partial charge in [-0.2, -0.15) is 0 Å². The summed E-state index contributed by atoms with van der Waals surface area (Å²) in [7, 11) is 0. The highest BCUT2D eigenvalue weighted by atomic mass is 16.3. The maximum Gasteiger partial charge on any atom is 0.182 e. The predicted octanol–water partition coefficient (Wildman–Crippen LogP) is 4.26. The molecule has 0 spiro atoms. The largest absolute Gasteiger partial charge is 0.393 e. The number of unbranched alkanes of at least 4 members (excludes halogenated alkanes) is 2. The predicted molar refractivity (Wildman–Crippen MR) is 94.5 cm³/mol. The fourth-order valence-electron chi connectivity index (χ4n) is 4.96. The number of hydrogen-bond donors (Lipinski definition) is 2. The zero-order chi connectivity index (χ0) is 17.1. The van der Waals surface area contributed by atoms with Crippen molar-refractivity contribution in [3.8, 4) is 5.75 Å². The van der Waals surface area contributed by atoms with Crippen LogP contribution in [0.1, 0.15) is 63.0 Å². The van der Waals surface area contributed by atoms with E-state index in [9.17, 15) is 15.3 Å². The van der Waals surface area contributed by atoms with Gasteiger partial charge in [0.15, 0.2) is 5.75 Å². The van der Waals surface area contributed by atoms with Crippen LogP contribution in [0.25, 0.3) is 0 Å². The van der Waals surface area contributed by atoms with E-state index < -0.39 is 0 Å². The topological polar surface area (TPSA) is 60.4 Å². The van der Waals surface area contributed by atoms with Crippen molar-refractivity contribution in [1.29, 1.82) is 0 Å². The third-order valence-electron chi connectivity index (χ3n) is 6.32. The number of aliphatic hydroxyl groups is 2. The quantitative estimate of drug-likeness (QED) is 0.733. The van der Waals surface area contributed by atoms with E-state index in [1.165, 1.54) is 18.4 Å². The standard InChI is InChI=1S/C21H31O3/c1-2-3-4-7-16(22)9-10-17-18-11-14-6-5-8-20(23)19(14)12-15(18)13-21(17)24/h5-6,8,15-18,21-22,24H,2-4,7,9-13H2,1H3/t15-,16-,17+,18-,21+/m0/s1. The second-order valence-corrected chi connectivity index (χ2v) is 7.92. The molecule has 0 aliphatic heterocycles. The number of fused-ring (bicyclic) bond motifs is 2.